The Bertz CT molecular complexity index is 886. The van der Waals surface area contributed by atoms with Gasteiger partial charge in [-0.2, -0.15) is 0 Å². The molecular weight excluding hydrogens is 440 g/mol. The smallest absolute Gasteiger partial charge is 0.159 e. The highest BCUT2D eigenvalue weighted by Gasteiger charge is 2.66. The minimum absolute atomic E-state index is 0.0152. The zero-order valence-electron chi connectivity index (χ0n) is 23.3. The maximum Gasteiger partial charge on any atom is 0.159 e. The van der Waals surface area contributed by atoms with Crippen molar-refractivity contribution in [3.05, 3.63) is 11.6 Å². The van der Waals surface area contributed by atoms with Crippen LogP contribution >= 0.6 is 0 Å². The van der Waals surface area contributed by atoms with Crippen LogP contribution in [0.2, 0.25) is 0 Å². The molecule has 3 saturated carbocycles. The molecule has 4 aliphatic carbocycles. The lowest BCUT2D eigenvalue weighted by Crippen LogP contribution is -2.60. The first kappa shape index (κ1) is 27.3. The molecule has 0 radical (unpaired) electrons. The Balaban J connectivity index is 1.64. The fourth-order valence-corrected chi connectivity index (χ4v) is 9.69. The van der Waals surface area contributed by atoms with E-state index >= 15 is 0 Å². The topological polar surface area (TPSA) is 98.0 Å². The molecule has 0 aromatic heterocycles. The van der Waals surface area contributed by atoms with E-state index in [9.17, 15) is 25.2 Å². The SMILES string of the molecule is C[C@@H](C[C@@H](O)[C@H](O)C(C)(C)O)[C@@H]1CC[C@]2(C)C3=CC(=O)[C@H]4C(C)(C)[C@@H](O)CC[C@]4(C)[C@H]3CC[C@@]12C. The maximum absolute atomic E-state index is 13.7. The Morgan fingerprint density at radius 1 is 1.03 bits per heavy atom. The second-order valence-electron chi connectivity index (χ2n) is 14.7. The molecule has 0 heterocycles. The molecule has 35 heavy (non-hydrogen) atoms. The minimum atomic E-state index is -1.34. The van der Waals surface area contributed by atoms with Crippen LogP contribution in [0.25, 0.3) is 0 Å². The van der Waals surface area contributed by atoms with Crippen LogP contribution < -0.4 is 0 Å². The van der Waals surface area contributed by atoms with E-state index in [4.69, 9.17) is 0 Å². The van der Waals surface area contributed by atoms with Gasteiger partial charge >= 0.3 is 0 Å². The number of hydrogen-bond acceptors (Lipinski definition) is 5. The third-order valence-electron chi connectivity index (χ3n) is 12.0. The monoisotopic (exact) mass is 490 g/mol. The lowest BCUT2D eigenvalue weighted by atomic mass is 9.40. The van der Waals surface area contributed by atoms with Gasteiger partial charge in [0.1, 0.15) is 6.10 Å². The predicted octanol–water partition coefficient (Wildman–Crippen LogP) is 4.65. The van der Waals surface area contributed by atoms with E-state index in [1.165, 1.54) is 19.4 Å². The summed E-state index contributed by atoms with van der Waals surface area (Å²) in [5.74, 6) is 0.996. The van der Waals surface area contributed by atoms with E-state index in [-0.39, 0.29) is 33.9 Å². The van der Waals surface area contributed by atoms with Gasteiger partial charge in [0.15, 0.2) is 5.78 Å². The number of fused-ring (bicyclic) bond motifs is 5. The summed E-state index contributed by atoms with van der Waals surface area (Å²) in [6.07, 6.45) is 5.73. The highest BCUT2D eigenvalue weighted by atomic mass is 16.4. The van der Waals surface area contributed by atoms with Crippen molar-refractivity contribution in [2.24, 2.45) is 45.3 Å². The van der Waals surface area contributed by atoms with Crippen LogP contribution in [0.4, 0.5) is 0 Å². The fourth-order valence-electron chi connectivity index (χ4n) is 9.69. The molecule has 0 bridgehead atoms. The van der Waals surface area contributed by atoms with Gasteiger partial charge in [-0.3, -0.25) is 4.79 Å². The summed E-state index contributed by atoms with van der Waals surface area (Å²) in [7, 11) is 0. The standard InChI is InChI=1S/C30H50O5/c1-17(15-22(32)25(34)27(4,5)35)18-9-13-30(8)20-16-21(31)24-26(2,3)23(33)11-12-28(24,6)19(20)10-14-29(18,30)7/h16-19,22-25,32-35H,9-15H2,1-8H3/t17-,18-,19-,22+,23-,24-,25-,28+,29-,30+/m0/s1. The average Bonchev–Trinajstić information content (AvgIpc) is 3.01. The summed E-state index contributed by atoms with van der Waals surface area (Å²) < 4.78 is 0. The minimum Gasteiger partial charge on any atom is -0.393 e. The van der Waals surface area contributed by atoms with Crippen molar-refractivity contribution in [2.45, 2.75) is 124 Å². The van der Waals surface area contributed by atoms with Crippen LogP contribution in [-0.2, 0) is 4.79 Å². The second kappa shape index (κ2) is 8.38. The summed E-state index contributed by atoms with van der Waals surface area (Å²) in [5.41, 5.74) is -0.594. The Morgan fingerprint density at radius 2 is 1.66 bits per heavy atom. The first-order valence-electron chi connectivity index (χ1n) is 13.9. The average molecular weight is 491 g/mol. The summed E-state index contributed by atoms with van der Waals surface area (Å²) in [4.78, 5) is 13.7. The number of ketones is 1. The van der Waals surface area contributed by atoms with E-state index in [0.29, 0.717) is 18.3 Å². The summed E-state index contributed by atoms with van der Waals surface area (Å²) in [6.45, 7) is 16.5. The number of allylic oxidation sites excluding steroid dienone is 2. The molecule has 0 aromatic carbocycles. The summed E-state index contributed by atoms with van der Waals surface area (Å²) in [5, 5.41) is 42.1. The molecule has 0 amide bonds. The first-order chi connectivity index (χ1) is 15.9. The van der Waals surface area contributed by atoms with Crippen LogP contribution in [0.1, 0.15) is 100 Å². The number of hydrogen-bond donors (Lipinski definition) is 4. The fraction of sp³-hybridized carbons (Fsp3) is 0.900. The number of aliphatic hydroxyl groups is 4. The van der Waals surface area contributed by atoms with Crippen LogP contribution in [-0.4, -0.2) is 50.1 Å². The molecule has 0 unspecified atom stereocenters. The lowest BCUT2D eigenvalue weighted by molar-refractivity contribution is -0.157. The molecule has 5 heteroatoms. The van der Waals surface area contributed by atoms with Crippen LogP contribution in [0, 0.1) is 45.3 Å². The first-order valence-corrected chi connectivity index (χ1v) is 13.9. The number of aliphatic hydroxyl groups excluding tert-OH is 3. The van der Waals surface area contributed by atoms with E-state index in [2.05, 4.69) is 41.5 Å². The van der Waals surface area contributed by atoms with Crippen molar-refractivity contribution in [3.8, 4) is 0 Å². The molecule has 3 fully saturated rings. The van der Waals surface area contributed by atoms with Crippen molar-refractivity contribution in [1.82, 2.24) is 0 Å². The van der Waals surface area contributed by atoms with Gasteiger partial charge in [-0.25, -0.2) is 0 Å². The molecule has 4 rings (SSSR count). The third kappa shape index (κ3) is 3.82. The van der Waals surface area contributed by atoms with Gasteiger partial charge in [0.2, 0.25) is 0 Å². The number of carbonyl (C=O) groups is 1. The molecule has 0 aromatic rings. The van der Waals surface area contributed by atoms with Crippen LogP contribution in [0.3, 0.4) is 0 Å². The summed E-state index contributed by atoms with van der Waals surface area (Å²) in [6, 6.07) is 0. The normalized spacial score (nSPS) is 45.6. The van der Waals surface area contributed by atoms with E-state index in [0.717, 1.165) is 38.5 Å². The van der Waals surface area contributed by atoms with Crippen molar-refractivity contribution >= 4 is 5.78 Å². The molecule has 4 aliphatic rings. The van der Waals surface area contributed by atoms with Gasteiger partial charge in [0, 0.05) is 11.3 Å². The largest absolute Gasteiger partial charge is 0.393 e. The van der Waals surface area contributed by atoms with Gasteiger partial charge in [-0.15, -0.1) is 0 Å². The van der Waals surface area contributed by atoms with Gasteiger partial charge in [-0.05, 0) is 98.9 Å². The van der Waals surface area contributed by atoms with Gasteiger partial charge in [0.25, 0.3) is 0 Å². The molecule has 4 N–H and O–H groups in total. The van der Waals surface area contributed by atoms with Crippen molar-refractivity contribution in [1.29, 1.82) is 0 Å². The van der Waals surface area contributed by atoms with Gasteiger partial charge in [-0.1, -0.05) is 47.1 Å². The van der Waals surface area contributed by atoms with Gasteiger partial charge in [0.05, 0.1) is 17.8 Å². The second-order valence-corrected chi connectivity index (χ2v) is 14.7. The highest BCUT2D eigenvalue weighted by Crippen LogP contribution is 2.73. The van der Waals surface area contributed by atoms with Gasteiger partial charge < -0.3 is 20.4 Å². The Hall–Kier alpha value is -0.750. The molecule has 0 spiro atoms. The van der Waals surface area contributed by atoms with E-state index in [1.807, 2.05) is 6.08 Å². The van der Waals surface area contributed by atoms with Crippen molar-refractivity contribution in [3.63, 3.8) is 0 Å². The molecular formula is C30H50O5. The molecule has 0 aliphatic heterocycles. The maximum atomic E-state index is 13.7. The van der Waals surface area contributed by atoms with Crippen LogP contribution in [0.15, 0.2) is 11.6 Å². The highest BCUT2D eigenvalue weighted by molar-refractivity contribution is 5.95. The predicted molar refractivity (Wildman–Crippen MR) is 137 cm³/mol. The molecule has 0 saturated heterocycles. The zero-order valence-corrected chi connectivity index (χ0v) is 23.3. The number of rotatable bonds is 5. The van der Waals surface area contributed by atoms with E-state index in [1.54, 1.807) is 0 Å². The summed E-state index contributed by atoms with van der Waals surface area (Å²) >= 11 is 0. The van der Waals surface area contributed by atoms with Crippen LogP contribution in [0.5, 0.6) is 0 Å². The van der Waals surface area contributed by atoms with Crippen molar-refractivity contribution in [2.75, 3.05) is 0 Å². The Morgan fingerprint density at radius 3 is 2.26 bits per heavy atom. The zero-order chi connectivity index (χ0) is 26.4. The molecule has 5 nitrogen and oxygen atoms in total. The Kier molecular flexibility index (Phi) is 6.53. The molecule has 200 valence electrons. The molecule has 10 atom stereocenters. The Labute approximate surface area is 212 Å². The third-order valence-corrected chi connectivity index (χ3v) is 12.0. The lowest BCUT2D eigenvalue weighted by Gasteiger charge is -2.63. The van der Waals surface area contributed by atoms with E-state index < -0.39 is 29.3 Å². The van der Waals surface area contributed by atoms with Crippen molar-refractivity contribution < 1.29 is 25.2 Å². The quantitative estimate of drug-likeness (QED) is 0.450. The number of carbonyl (C=O) groups excluding carboxylic acids is 1.